The van der Waals surface area contributed by atoms with Crippen molar-refractivity contribution in [2.75, 3.05) is 26.2 Å². The highest BCUT2D eigenvalue weighted by Gasteiger charge is 2.35. The number of piperidine rings is 1. The van der Waals surface area contributed by atoms with Gasteiger partial charge in [0.15, 0.2) is 0 Å². The van der Waals surface area contributed by atoms with E-state index in [9.17, 15) is 9.18 Å². The highest BCUT2D eigenvalue weighted by atomic mass is 35.5. The third-order valence-corrected chi connectivity index (χ3v) is 4.10. The van der Waals surface area contributed by atoms with E-state index in [2.05, 4.69) is 5.32 Å². The molecule has 0 aliphatic carbocycles. The van der Waals surface area contributed by atoms with Crippen LogP contribution in [-0.2, 0) is 0 Å². The number of hydrogen-bond donors (Lipinski definition) is 1. The second kappa shape index (κ2) is 5.88. The average Bonchev–Trinajstić information content (AvgIpc) is 2.85. The summed E-state index contributed by atoms with van der Waals surface area (Å²) < 4.78 is 13.6. The molecule has 2 fully saturated rings. The Hall–Kier alpha value is -1.13. The van der Waals surface area contributed by atoms with Crippen molar-refractivity contribution in [1.82, 2.24) is 10.2 Å². The number of rotatable bonds is 1. The predicted molar refractivity (Wildman–Crippen MR) is 74.0 cm³/mol. The van der Waals surface area contributed by atoms with Crippen LogP contribution in [0.25, 0.3) is 0 Å². The first-order valence-corrected chi connectivity index (χ1v) is 6.50. The molecular formula is C14H18ClFN2O. The molecule has 2 heterocycles. The van der Waals surface area contributed by atoms with E-state index < -0.39 is 5.82 Å². The van der Waals surface area contributed by atoms with Crippen molar-refractivity contribution < 1.29 is 9.18 Å². The van der Waals surface area contributed by atoms with Crippen LogP contribution in [0.1, 0.15) is 16.8 Å². The van der Waals surface area contributed by atoms with Gasteiger partial charge in [0.1, 0.15) is 5.82 Å². The zero-order chi connectivity index (χ0) is 12.5. The number of carbonyl (C=O) groups excluding carboxylic acids is 1. The maximum Gasteiger partial charge on any atom is 0.256 e. The summed E-state index contributed by atoms with van der Waals surface area (Å²) >= 11 is 0. The molecule has 0 aromatic heterocycles. The van der Waals surface area contributed by atoms with Crippen LogP contribution in [0.3, 0.4) is 0 Å². The van der Waals surface area contributed by atoms with Crippen molar-refractivity contribution in [2.24, 2.45) is 11.8 Å². The van der Waals surface area contributed by atoms with Crippen molar-refractivity contribution in [2.45, 2.75) is 6.42 Å². The van der Waals surface area contributed by atoms with E-state index in [4.69, 9.17) is 0 Å². The summed E-state index contributed by atoms with van der Waals surface area (Å²) in [5.74, 6) is 0.636. The first-order chi connectivity index (χ1) is 8.75. The zero-order valence-electron chi connectivity index (χ0n) is 10.6. The molecule has 2 unspecified atom stereocenters. The molecule has 0 bridgehead atoms. The van der Waals surface area contributed by atoms with E-state index in [1.165, 1.54) is 6.07 Å². The number of nitrogens with zero attached hydrogens (tertiary/aromatic N) is 1. The minimum atomic E-state index is -0.422. The van der Waals surface area contributed by atoms with Crippen molar-refractivity contribution in [3.05, 3.63) is 35.6 Å². The molecule has 1 aromatic rings. The standard InChI is InChI=1S/C14H17FN2O.ClH/c15-13-4-2-1-3-12(13)14(18)17-6-5-10-7-16-8-11(10)9-17;/h1-4,10-11,16H,5-9H2;1H. The monoisotopic (exact) mass is 284 g/mol. The number of fused-ring (bicyclic) bond motifs is 1. The van der Waals surface area contributed by atoms with E-state index in [1.807, 2.05) is 0 Å². The van der Waals surface area contributed by atoms with Gasteiger partial charge in [-0.2, -0.15) is 0 Å². The molecule has 19 heavy (non-hydrogen) atoms. The minimum absolute atomic E-state index is 0. The lowest BCUT2D eigenvalue weighted by molar-refractivity contribution is 0.0638. The number of nitrogens with one attached hydrogen (secondary N) is 1. The van der Waals surface area contributed by atoms with Crippen LogP contribution in [0.4, 0.5) is 4.39 Å². The third-order valence-electron chi connectivity index (χ3n) is 4.10. The Labute approximate surface area is 118 Å². The summed E-state index contributed by atoms with van der Waals surface area (Å²) in [4.78, 5) is 14.1. The number of benzene rings is 1. The predicted octanol–water partition coefficient (Wildman–Crippen LogP) is 1.93. The van der Waals surface area contributed by atoms with Crippen molar-refractivity contribution in [1.29, 1.82) is 0 Å². The van der Waals surface area contributed by atoms with Crippen LogP contribution in [0, 0.1) is 17.7 Å². The van der Waals surface area contributed by atoms with E-state index in [0.717, 1.165) is 32.6 Å². The van der Waals surface area contributed by atoms with E-state index >= 15 is 0 Å². The number of halogens is 2. The van der Waals surface area contributed by atoms with Gasteiger partial charge in [0.2, 0.25) is 0 Å². The molecule has 5 heteroatoms. The highest BCUT2D eigenvalue weighted by Crippen LogP contribution is 2.27. The fraction of sp³-hybridized carbons (Fsp3) is 0.500. The van der Waals surface area contributed by atoms with Crippen LogP contribution < -0.4 is 5.32 Å². The lowest BCUT2D eigenvalue weighted by atomic mass is 9.88. The molecule has 1 aromatic carbocycles. The number of hydrogen-bond acceptors (Lipinski definition) is 2. The molecule has 2 aliphatic rings. The Balaban J connectivity index is 0.00000133. The molecule has 1 N–H and O–H groups in total. The smallest absolute Gasteiger partial charge is 0.256 e. The van der Waals surface area contributed by atoms with Crippen LogP contribution in [-0.4, -0.2) is 37.0 Å². The van der Waals surface area contributed by atoms with Crippen LogP contribution in [0.5, 0.6) is 0 Å². The summed E-state index contributed by atoms with van der Waals surface area (Å²) in [5.41, 5.74) is 0.196. The summed E-state index contributed by atoms with van der Waals surface area (Å²) in [6.45, 7) is 3.54. The van der Waals surface area contributed by atoms with Gasteiger partial charge < -0.3 is 10.2 Å². The number of amides is 1. The van der Waals surface area contributed by atoms with Crippen molar-refractivity contribution >= 4 is 18.3 Å². The maximum absolute atomic E-state index is 13.6. The Morgan fingerprint density at radius 1 is 1.26 bits per heavy atom. The highest BCUT2D eigenvalue weighted by molar-refractivity contribution is 5.94. The van der Waals surface area contributed by atoms with Crippen LogP contribution in [0.15, 0.2) is 24.3 Å². The lowest BCUT2D eigenvalue weighted by Crippen LogP contribution is -2.43. The molecule has 0 saturated carbocycles. The lowest BCUT2D eigenvalue weighted by Gasteiger charge is -2.34. The molecule has 104 valence electrons. The number of carbonyl (C=O) groups is 1. The Kier molecular flexibility index (Phi) is 4.42. The normalized spacial score (nSPS) is 25.6. The van der Waals surface area contributed by atoms with Gasteiger partial charge in [0, 0.05) is 13.1 Å². The van der Waals surface area contributed by atoms with E-state index in [1.54, 1.807) is 23.1 Å². The van der Waals surface area contributed by atoms with Gasteiger partial charge in [-0.3, -0.25) is 4.79 Å². The quantitative estimate of drug-likeness (QED) is 0.855. The molecule has 2 atom stereocenters. The van der Waals surface area contributed by atoms with Gasteiger partial charge in [0.05, 0.1) is 5.56 Å². The van der Waals surface area contributed by atoms with Crippen molar-refractivity contribution in [3.63, 3.8) is 0 Å². The fourth-order valence-corrected chi connectivity index (χ4v) is 3.02. The van der Waals surface area contributed by atoms with Gasteiger partial charge in [-0.15, -0.1) is 12.4 Å². The van der Waals surface area contributed by atoms with Gasteiger partial charge in [-0.05, 0) is 43.5 Å². The van der Waals surface area contributed by atoms with Gasteiger partial charge in [0.25, 0.3) is 5.91 Å². The van der Waals surface area contributed by atoms with Crippen LogP contribution in [0.2, 0.25) is 0 Å². The molecule has 2 saturated heterocycles. The summed E-state index contributed by atoms with van der Waals surface area (Å²) in [5, 5.41) is 3.36. The molecule has 3 rings (SSSR count). The molecule has 0 radical (unpaired) electrons. The maximum atomic E-state index is 13.6. The minimum Gasteiger partial charge on any atom is -0.338 e. The number of likely N-dealkylation sites (tertiary alicyclic amines) is 1. The Bertz CT molecular complexity index is 469. The molecule has 2 aliphatic heterocycles. The second-order valence-corrected chi connectivity index (χ2v) is 5.20. The molecule has 1 amide bonds. The summed E-state index contributed by atoms with van der Waals surface area (Å²) in [7, 11) is 0. The second-order valence-electron chi connectivity index (χ2n) is 5.20. The third kappa shape index (κ3) is 2.74. The van der Waals surface area contributed by atoms with Gasteiger partial charge in [-0.1, -0.05) is 12.1 Å². The van der Waals surface area contributed by atoms with Crippen LogP contribution >= 0.6 is 12.4 Å². The Morgan fingerprint density at radius 3 is 2.79 bits per heavy atom. The Morgan fingerprint density at radius 2 is 2.00 bits per heavy atom. The zero-order valence-corrected chi connectivity index (χ0v) is 11.5. The molecule has 0 spiro atoms. The summed E-state index contributed by atoms with van der Waals surface area (Å²) in [6, 6.07) is 6.23. The first-order valence-electron chi connectivity index (χ1n) is 6.50. The van der Waals surface area contributed by atoms with E-state index in [-0.39, 0.29) is 23.9 Å². The van der Waals surface area contributed by atoms with E-state index in [0.29, 0.717) is 11.8 Å². The molecular weight excluding hydrogens is 267 g/mol. The SMILES string of the molecule is Cl.O=C(c1ccccc1F)N1CCC2CNCC2C1. The summed E-state index contributed by atoms with van der Waals surface area (Å²) in [6.07, 6.45) is 1.03. The van der Waals surface area contributed by atoms with Gasteiger partial charge >= 0.3 is 0 Å². The van der Waals surface area contributed by atoms with Crippen molar-refractivity contribution in [3.8, 4) is 0 Å². The average molecular weight is 285 g/mol. The first kappa shape index (κ1) is 14.3. The van der Waals surface area contributed by atoms with Gasteiger partial charge in [-0.25, -0.2) is 4.39 Å². The largest absolute Gasteiger partial charge is 0.338 e. The topological polar surface area (TPSA) is 32.3 Å². The fourth-order valence-electron chi connectivity index (χ4n) is 3.02. The molecule has 3 nitrogen and oxygen atoms in total.